The van der Waals surface area contributed by atoms with Gasteiger partial charge in [0.2, 0.25) is 4.62 Å². The van der Waals surface area contributed by atoms with Crippen LogP contribution in [-0.2, 0) is 0 Å². The van der Waals surface area contributed by atoms with Gasteiger partial charge in [-0.1, -0.05) is 0 Å². The first-order chi connectivity index (χ1) is 11.5. The zero-order valence-electron chi connectivity index (χ0n) is 12.4. The Morgan fingerprint density at radius 2 is 2.00 bits per heavy atom. The van der Waals surface area contributed by atoms with Gasteiger partial charge < -0.3 is 22.3 Å². The molecule has 0 N–H and O–H groups in total. The molecular weight excluding hydrogens is 447 g/mol. The van der Waals surface area contributed by atoms with Crippen LogP contribution in [0.5, 0.6) is 5.75 Å². The van der Waals surface area contributed by atoms with E-state index in [0.29, 0.717) is 37.5 Å². The van der Waals surface area contributed by atoms with E-state index in [1.165, 1.54) is 7.11 Å². The fourth-order valence-electron chi connectivity index (χ4n) is 3.16. The van der Waals surface area contributed by atoms with Crippen molar-refractivity contribution in [2.45, 2.75) is 0 Å². The minimum atomic E-state index is -4.02. The van der Waals surface area contributed by atoms with Gasteiger partial charge in [0, 0.05) is 45.5 Å². The topological polar surface area (TPSA) is 30.1 Å². The fourth-order valence-corrected chi connectivity index (χ4v) is 4.30. The number of allylic oxidation sites excluding steroid dienone is 2. The fraction of sp³-hybridized carbons (Fsp3) is 0.0667. The number of aromatic nitrogens is 2. The van der Waals surface area contributed by atoms with Gasteiger partial charge in [-0.25, -0.2) is 0 Å². The van der Waals surface area contributed by atoms with Crippen molar-refractivity contribution in [2.75, 3.05) is 7.11 Å². The summed E-state index contributed by atoms with van der Waals surface area (Å²) in [6.45, 7) is -4.02. The highest BCUT2D eigenvalue weighted by Crippen LogP contribution is 2.43. The minimum absolute atomic E-state index is 0.319. The quantitative estimate of drug-likeness (QED) is 0.639. The monoisotopic (exact) mass is 455 g/mol. The summed E-state index contributed by atoms with van der Waals surface area (Å²) in [5.41, 5.74) is 2.22. The third-order valence-corrected chi connectivity index (χ3v) is 5.44. The normalized spacial score (nSPS) is 18.0. The summed E-state index contributed by atoms with van der Waals surface area (Å²) < 4.78 is 38.3. The molecule has 2 aromatic heterocycles. The standard InChI is InChI=1S/C15H10BBr2F2N3O/c1-24-12-8-21-7-6-9(12)15-10-2-4-13(17)22(10)16(19,20)23-11(15)3-5-14(23)18/h2-8H,1H3. The van der Waals surface area contributed by atoms with Crippen LogP contribution in [0.25, 0.3) is 5.57 Å². The van der Waals surface area contributed by atoms with Gasteiger partial charge in [-0.15, -0.1) is 0 Å². The zero-order valence-corrected chi connectivity index (χ0v) is 15.6. The predicted molar refractivity (Wildman–Crippen MR) is 95.6 cm³/mol. The highest BCUT2D eigenvalue weighted by Gasteiger charge is 2.54. The molecule has 2 aromatic rings. The summed E-state index contributed by atoms with van der Waals surface area (Å²) in [5.74, 6) is 0.526. The molecule has 9 heteroatoms. The number of nitrogens with zero attached hydrogens (tertiary/aromatic N) is 3. The van der Waals surface area contributed by atoms with Gasteiger partial charge in [-0.05, 0) is 34.1 Å². The van der Waals surface area contributed by atoms with Crippen LogP contribution >= 0.6 is 31.9 Å². The molecule has 0 aromatic carbocycles. The highest BCUT2D eigenvalue weighted by molar-refractivity contribution is 9.18. The van der Waals surface area contributed by atoms with Crippen molar-refractivity contribution in [3.05, 3.63) is 64.3 Å². The first-order valence-corrected chi connectivity index (χ1v) is 8.67. The van der Waals surface area contributed by atoms with E-state index in [4.69, 9.17) is 4.74 Å². The van der Waals surface area contributed by atoms with Crippen molar-refractivity contribution >= 4 is 49.0 Å². The highest BCUT2D eigenvalue weighted by atomic mass is 79.9. The average molecular weight is 457 g/mol. The molecule has 24 heavy (non-hydrogen) atoms. The Labute approximate surface area is 153 Å². The molecule has 2 aliphatic heterocycles. The number of methoxy groups -OCH3 is 1. The summed E-state index contributed by atoms with van der Waals surface area (Å²) in [6, 6.07) is 5.07. The van der Waals surface area contributed by atoms with E-state index in [-0.39, 0.29) is 0 Å². The SMILES string of the molecule is COc1cnccc1C1=C2C=CC(Br)=[N+]2[B-](F)(F)n2c(Br)ccc21. The number of hydrogen-bond acceptors (Lipinski definition) is 2. The lowest BCUT2D eigenvalue weighted by Crippen LogP contribution is -2.50. The van der Waals surface area contributed by atoms with Crippen molar-refractivity contribution in [2.24, 2.45) is 0 Å². The molecule has 0 aliphatic carbocycles. The maximum atomic E-state index is 15.1. The maximum absolute atomic E-state index is 15.1. The molecule has 0 unspecified atom stereocenters. The molecule has 122 valence electrons. The van der Waals surface area contributed by atoms with Crippen molar-refractivity contribution in [3.8, 4) is 5.75 Å². The summed E-state index contributed by atoms with van der Waals surface area (Å²) in [4.78, 5) is 4.05. The van der Waals surface area contributed by atoms with Gasteiger partial charge in [-0.2, -0.15) is 0 Å². The molecule has 0 fully saturated rings. The molecule has 4 rings (SSSR count). The lowest BCUT2D eigenvalue weighted by atomic mass is 9.86. The first kappa shape index (κ1) is 15.8. The molecule has 0 saturated carbocycles. The van der Waals surface area contributed by atoms with Gasteiger partial charge in [0.1, 0.15) is 5.75 Å². The van der Waals surface area contributed by atoms with Gasteiger partial charge in [-0.3, -0.25) is 4.98 Å². The Morgan fingerprint density at radius 3 is 2.75 bits per heavy atom. The van der Waals surface area contributed by atoms with Gasteiger partial charge in [0.05, 0.1) is 23.5 Å². The van der Waals surface area contributed by atoms with E-state index in [9.17, 15) is 0 Å². The largest absolute Gasteiger partial charge is 0.738 e. The Bertz CT molecular complexity index is 965. The Balaban J connectivity index is 2.13. The first-order valence-electron chi connectivity index (χ1n) is 7.09. The second-order valence-corrected chi connectivity index (χ2v) is 6.99. The minimum Gasteiger partial charge on any atom is -0.494 e. The molecule has 0 saturated heterocycles. The van der Waals surface area contributed by atoms with Gasteiger partial charge in [0.25, 0.3) is 0 Å². The molecule has 0 bridgehead atoms. The van der Waals surface area contributed by atoms with Crippen LogP contribution in [0.4, 0.5) is 8.63 Å². The van der Waals surface area contributed by atoms with Crippen LogP contribution in [0, 0.1) is 0 Å². The molecule has 0 atom stereocenters. The third-order valence-electron chi connectivity index (χ3n) is 4.14. The third kappa shape index (κ3) is 2.00. The maximum Gasteiger partial charge on any atom is 0.738 e. The van der Waals surface area contributed by atoms with Crippen LogP contribution in [0.3, 0.4) is 0 Å². The zero-order chi connectivity index (χ0) is 17.1. The van der Waals surface area contributed by atoms with E-state index in [1.807, 2.05) is 0 Å². The summed E-state index contributed by atoms with van der Waals surface area (Å²) in [7, 11) is 1.53. The molecule has 4 nitrogen and oxygen atoms in total. The lowest BCUT2D eigenvalue weighted by Gasteiger charge is -2.32. The van der Waals surface area contributed by atoms with E-state index in [0.717, 1.165) is 8.96 Å². The molecule has 0 radical (unpaired) electrons. The van der Waals surface area contributed by atoms with Crippen LogP contribution < -0.4 is 4.74 Å². The average Bonchev–Trinajstić information content (AvgIpc) is 3.13. The van der Waals surface area contributed by atoms with Gasteiger partial charge >= 0.3 is 6.97 Å². The van der Waals surface area contributed by atoms with Crippen LogP contribution in [-0.4, -0.2) is 32.6 Å². The van der Waals surface area contributed by atoms with E-state index >= 15 is 8.63 Å². The molecule has 4 heterocycles. The summed E-state index contributed by atoms with van der Waals surface area (Å²) >= 11 is 6.48. The van der Waals surface area contributed by atoms with Crippen LogP contribution in [0.15, 0.2) is 53.0 Å². The van der Waals surface area contributed by atoms with Crippen molar-refractivity contribution in [1.29, 1.82) is 0 Å². The number of halogens is 4. The Hall–Kier alpha value is -1.74. The van der Waals surface area contributed by atoms with Gasteiger partial charge in [0.15, 0.2) is 5.70 Å². The predicted octanol–water partition coefficient (Wildman–Crippen LogP) is 4.03. The van der Waals surface area contributed by atoms with Crippen molar-refractivity contribution < 1.29 is 17.9 Å². The van der Waals surface area contributed by atoms with Crippen molar-refractivity contribution in [1.82, 2.24) is 9.46 Å². The van der Waals surface area contributed by atoms with Crippen LogP contribution in [0.1, 0.15) is 11.3 Å². The van der Waals surface area contributed by atoms with E-state index < -0.39 is 6.97 Å². The van der Waals surface area contributed by atoms with Crippen LogP contribution in [0.2, 0.25) is 0 Å². The Morgan fingerprint density at radius 1 is 1.21 bits per heavy atom. The number of pyridine rings is 1. The number of hydrogen-bond donors (Lipinski definition) is 0. The smallest absolute Gasteiger partial charge is 0.494 e. The molecule has 0 spiro atoms. The molecule has 0 amide bonds. The number of ether oxygens (including phenoxy) is 1. The summed E-state index contributed by atoms with van der Waals surface area (Å²) in [6.07, 6.45) is 6.50. The molecular formula is C15H10BBr2F2N3O. The molecule has 2 aliphatic rings. The van der Waals surface area contributed by atoms with Crippen molar-refractivity contribution in [3.63, 3.8) is 0 Å². The van der Waals surface area contributed by atoms with E-state index in [2.05, 4.69) is 36.8 Å². The summed E-state index contributed by atoms with van der Waals surface area (Å²) in [5, 5.41) is 0. The lowest BCUT2D eigenvalue weighted by molar-refractivity contribution is -0.358. The number of rotatable bonds is 2. The second-order valence-electron chi connectivity index (χ2n) is 5.36. The second kappa shape index (κ2) is 5.39. The number of fused-ring (bicyclic) bond motifs is 2. The van der Waals surface area contributed by atoms with E-state index in [1.54, 1.807) is 42.7 Å². The Kier molecular flexibility index (Phi) is 3.54.